The molecule has 2 aliphatic heterocycles. The van der Waals surface area contributed by atoms with Crippen molar-refractivity contribution in [3.63, 3.8) is 0 Å². The lowest BCUT2D eigenvalue weighted by Crippen LogP contribution is -2.54. The SMILES string of the molecule is CCc1nc(CN2CCN(C(=O)C(C)C3CNC3)CC2)cs1.Cl.Cl. The summed E-state index contributed by atoms with van der Waals surface area (Å²) < 4.78 is 0. The third-order valence-electron chi connectivity index (χ3n) is 4.88. The average Bonchev–Trinajstić information content (AvgIpc) is 2.93. The molecule has 3 rings (SSSR count). The highest BCUT2D eigenvalue weighted by molar-refractivity contribution is 7.09. The number of rotatable bonds is 5. The predicted octanol–water partition coefficient (Wildman–Crippen LogP) is 2.05. The van der Waals surface area contributed by atoms with Crippen molar-refractivity contribution in [1.29, 1.82) is 0 Å². The molecule has 1 unspecified atom stereocenters. The van der Waals surface area contributed by atoms with Crippen molar-refractivity contribution < 1.29 is 4.79 Å². The second-order valence-electron chi connectivity index (χ2n) is 6.39. The van der Waals surface area contributed by atoms with Gasteiger partial charge in [-0.3, -0.25) is 9.69 Å². The second-order valence-corrected chi connectivity index (χ2v) is 7.34. The van der Waals surface area contributed by atoms with Crippen molar-refractivity contribution in [1.82, 2.24) is 20.1 Å². The normalized spacial score (nSPS) is 19.8. The molecule has 1 atom stereocenters. The Balaban J connectivity index is 0.00000144. The number of thiazole rings is 1. The Kier molecular flexibility index (Phi) is 8.95. The molecule has 1 aromatic rings. The fraction of sp³-hybridized carbons (Fsp3) is 0.750. The molecule has 1 aromatic heterocycles. The number of amides is 1. The van der Waals surface area contributed by atoms with Crippen LogP contribution in [0, 0.1) is 11.8 Å². The van der Waals surface area contributed by atoms with E-state index in [9.17, 15) is 4.79 Å². The molecular weight excluding hydrogens is 367 g/mol. The van der Waals surface area contributed by atoms with Crippen LogP contribution >= 0.6 is 36.2 Å². The van der Waals surface area contributed by atoms with Crippen LogP contribution in [0.4, 0.5) is 0 Å². The largest absolute Gasteiger partial charge is 0.340 e. The molecule has 1 N–H and O–H groups in total. The summed E-state index contributed by atoms with van der Waals surface area (Å²) in [5.41, 5.74) is 1.18. The minimum absolute atomic E-state index is 0. The van der Waals surface area contributed by atoms with Crippen LogP contribution < -0.4 is 5.32 Å². The first-order chi connectivity index (χ1) is 10.7. The summed E-state index contributed by atoms with van der Waals surface area (Å²) in [7, 11) is 0. The molecule has 0 bridgehead atoms. The summed E-state index contributed by atoms with van der Waals surface area (Å²) in [6, 6.07) is 0. The molecule has 138 valence electrons. The highest BCUT2D eigenvalue weighted by Crippen LogP contribution is 2.20. The number of aryl methyl sites for hydroxylation is 1. The maximum atomic E-state index is 12.5. The van der Waals surface area contributed by atoms with Crippen LogP contribution in [-0.2, 0) is 17.8 Å². The van der Waals surface area contributed by atoms with Gasteiger partial charge in [-0.2, -0.15) is 0 Å². The van der Waals surface area contributed by atoms with Crippen LogP contribution in [-0.4, -0.2) is 60.0 Å². The molecule has 0 saturated carbocycles. The Bertz CT molecular complexity index is 516. The van der Waals surface area contributed by atoms with Gasteiger partial charge in [0.2, 0.25) is 5.91 Å². The van der Waals surface area contributed by atoms with Gasteiger partial charge < -0.3 is 10.2 Å². The molecule has 2 fully saturated rings. The van der Waals surface area contributed by atoms with E-state index < -0.39 is 0 Å². The molecule has 24 heavy (non-hydrogen) atoms. The lowest BCUT2D eigenvalue weighted by atomic mass is 9.88. The number of carbonyl (C=O) groups excluding carboxylic acids is 1. The van der Waals surface area contributed by atoms with Gasteiger partial charge in [0.25, 0.3) is 0 Å². The Hall–Kier alpha value is -0.400. The van der Waals surface area contributed by atoms with Crippen molar-refractivity contribution in [3.8, 4) is 0 Å². The van der Waals surface area contributed by atoms with Crippen LogP contribution in [0.5, 0.6) is 0 Å². The lowest BCUT2D eigenvalue weighted by Gasteiger charge is -2.39. The number of nitrogens with one attached hydrogen (secondary N) is 1. The quantitative estimate of drug-likeness (QED) is 0.829. The van der Waals surface area contributed by atoms with Crippen molar-refractivity contribution in [2.24, 2.45) is 11.8 Å². The highest BCUT2D eigenvalue weighted by Gasteiger charge is 2.32. The fourth-order valence-corrected chi connectivity index (χ4v) is 3.83. The van der Waals surface area contributed by atoms with E-state index in [-0.39, 0.29) is 30.7 Å². The molecule has 0 radical (unpaired) electrons. The van der Waals surface area contributed by atoms with Gasteiger partial charge in [0.15, 0.2) is 0 Å². The standard InChI is InChI=1S/C16H26N4OS.2ClH/c1-3-15-18-14(11-22-15)10-19-4-6-20(7-5-19)16(21)12(2)13-8-17-9-13;;/h11-13,17H,3-10H2,1-2H3;2*1H. The highest BCUT2D eigenvalue weighted by atomic mass is 35.5. The minimum atomic E-state index is 0. The predicted molar refractivity (Wildman–Crippen MR) is 103 cm³/mol. The van der Waals surface area contributed by atoms with E-state index in [0.29, 0.717) is 11.8 Å². The third kappa shape index (κ3) is 5.05. The summed E-state index contributed by atoms with van der Waals surface area (Å²) in [4.78, 5) is 21.6. The van der Waals surface area contributed by atoms with Crippen molar-refractivity contribution in [3.05, 3.63) is 16.1 Å². The Labute approximate surface area is 161 Å². The van der Waals surface area contributed by atoms with Gasteiger partial charge in [-0.25, -0.2) is 4.98 Å². The van der Waals surface area contributed by atoms with Crippen molar-refractivity contribution in [2.45, 2.75) is 26.8 Å². The van der Waals surface area contributed by atoms with Gasteiger partial charge in [0.05, 0.1) is 10.7 Å². The first-order valence-electron chi connectivity index (χ1n) is 8.32. The van der Waals surface area contributed by atoms with Gasteiger partial charge in [0.1, 0.15) is 0 Å². The zero-order valence-electron chi connectivity index (χ0n) is 14.4. The maximum Gasteiger partial charge on any atom is 0.225 e. The van der Waals surface area contributed by atoms with Crippen molar-refractivity contribution in [2.75, 3.05) is 39.3 Å². The van der Waals surface area contributed by atoms with Gasteiger partial charge >= 0.3 is 0 Å². The van der Waals surface area contributed by atoms with E-state index in [1.165, 1.54) is 10.7 Å². The van der Waals surface area contributed by atoms with Crippen LogP contribution in [0.3, 0.4) is 0 Å². The molecule has 2 aliphatic rings. The molecule has 2 saturated heterocycles. The third-order valence-corrected chi connectivity index (χ3v) is 5.92. The molecule has 0 spiro atoms. The number of piperazine rings is 1. The number of hydrogen-bond acceptors (Lipinski definition) is 5. The van der Waals surface area contributed by atoms with Gasteiger partial charge in [-0.05, 0) is 25.4 Å². The molecular formula is C16H28Cl2N4OS. The number of carbonyl (C=O) groups is 1. The summed E-state index contributed by atoms with van der Waals surface area (Å²) in [5, 5.41) is 6.64. The fourth-order valence-electron chi connectivity index (χ4n) is 3.09. The van der Waals surface area contributed by atoms with Gasteiger partial charge in [-0.1, -0.05) is 13.8 Å². The first kappa shape index (κ1) is 21.6. The average molecular weight is 395 g/mol. The monoisotopic (exact) mass is 394 g/mol. The summed E-state index contributed by atoms with van der Waals surface area (Å²) in [5.74, 6) is 1.04. The molecule has 0 aliphatic carbocycles. The van der Waals surface area contributed by atoms with Crippen LogP contribution in [0.15, 0.2) is 5.38 Å². The second kappa shape index (κ2) is 9.92. The van der Waals surface area contributed by atoms with E-state index in [1.54, 1.807) is 11.3 Å². The Morgan fingerprint density at radius 1 is 1.33 bits per heavy atom. The van der Waals surface area contributed by atoms with E-state index in [1.807, 2.05) is 0 Å². The molecule has 3 heterocycles. The summed E-state index contributed by atoms with van der Waals surface area (Å²) >= 11 is 1.75. The van der Waals surface area contributed by atoms with Crippen LogP contribution in [0.1, 0.15) is 24.5 Å². The van der Waals surface area contributed by atoms with Gasteiger partial charge in [-0.15, -0.1) is 36.2 Å². The molecule has 1 amide bonds. The smallest absolute Gasteiger partial charge is 0.225 e. The number of aromatic nitrogens is 1. The van der Waals surface area contributed by atoms with E-state index in [2.05, 4.69) is 39.3 Å². The topological polar surface area (TPSA) is 48.5 Å². The zero-order valence-corrected chi connectivity index (χ0v) is 16.8. The number of hydrogen-bond donors (Lipinski definition) is 1. The first-order valence-corrected chi connectivity index (χ1v) is 9.20. The minimum Gasteiger partial charge on any atom is -0.340 e. The molecule has 5 nitrogen and oxygen atoms in total. The van der Waals surface area contributed by atoms with E-state index >= 15 is 0 Å². The summed E-state index contributed by atoms with van der Waals surface area (Å²) in [6.45, 7) is 10.8. The van der Waals surface area contributed by atoms with E-state index in [4.69, 9.17) is 0 Å². The van der Waals surface area contributed by atoms with Crippen LogP contribution in [0.2, 0.25) is 0 Å². The van der Waals surface area contributed by atoms with Crippen molar-refractivity contribution >= 4 is 42.1 Å². The number of halogens is 2. The maximum absolute atomic E-state index is 12.5. The Morgan fingerprint density at radius 3 is 2.50 bits per heavy atom. The summed E-state index contributed by atoms with van der Waals surface area (Å²) in [6.07, 6.45) is 1.01. The van der Waals surface area contributed by atoms with Gasteiger partial charge in [0, 0.05) is 44.0 Å². The molecule has 0 aromatic carbocycles. The lowest BCUT2D eigenvalue weighted by molar-refractivity contribution is -0.139. The van der Waals surface area contributed by atoms with E-state index in [0.717, 1.165) is 52.2 Å². The number of nitrogens with zero attached hydrogens (tertiary/aromatic N) is 3. The zero-order chi connectivity index (χ0) is 15.5. The van der Waals surface area contributed by atoms with Crippen LogP contribution in [0.25, 0.3) is 0 Å². The molecule has 8 heteroatoms. The Morgan fingerprint density at radius 2 is 2.00 bits per heavy atom.